The first-order valence-electron chi connectivity index (χ1n) is 8.82. The number of carbonyl (C=O) groups is 2. The molecule has 1 heterocycles. The van der Waals surface area contributed by atoms with Crippen molar-refractivity contribution < 1.29 is 19.2 Å². The number of aromatic nitrogens is 2. The van der Waals surface area contributed by atoms with Gasteiger partial charge in [0.25, 0.3) is 5.91 Å². The van der Waals surface area contributed by atoms with Crippen molar-refractivity contribution in [3.05, 3.63) is 51.3 Å². The Balaban J connectivity index is 2.03. The van der Waals surface area contributed by atoms with Gasteiger partial charge in [-0.25, -0.2) is 0 Å². The number of aryl methyl sites for hydroxylation is 2. The predicted molar refractivity (Wildman–Crippen MR) is 103 cm³/mol. The number of nitrogens with zero attached hydrogens (tertiary/aromatic N) is 5. The van der Waals surface area contributed by atoms with Gasteiger partial charge in [-0.1, -0.05) is 17.7 Å². The maximum atomic E-state index is 12.5. The number of hydrogen-bond donors (Lipinski definition) is 0. The van der Waals surface area contributed by atoms with Crippen molar-refractivity contribution in [3.63, 3.8) is 0 Å². The Morgan fingerprint density at radius 1 is 1.28 bits per heavy atom. The van der Waals surface area contributed by atoms with Crippen LogP contribution in [-0.4, -0.2) is 39.7 Å². The fraction of sp³-hybridized carbons (Fsp3) is 0.368. The zero-order valence-electron chi connectivity index (χ0n) is 16.4. The summed E-state index contributed by atoms with van der Waals surface area (Å²) in [5, 5.41) is 23.8. The molecule has 0 radical (unpaired) electrons. The van der Waals surface area contributed by atoms with Gasteiger partial charge in [-0.15, -0.1) is 0 Å². The highest BCUT2D eigenvalue weighted by Crippen LogP contribution is 2.21. The number of ether oxygens (including phenoxy) is 1. The number of amides is 1. The van der Waals surface area contributed by atoms with Crippen molar-refractivity contribution in [3.8, 4) is 6.07 Å². The van der Waals surface area contributed by atoms with E-state index in [1.165, 1.54) is 23.4 Å². The van der Waals surface area contributed by atoms with Crippen LogP contribution in [0, 0.1) is 42.2 Å². The van der Waals surface area contributed by atoms with Crippen LogP contribution in [0.2, 0.25) is 0 Å². The molecule has 0 saturated heterocycles. The maximum absolute atomic E-state index is 12.5. The van der Waals surface area contributed by atoms with E-state index in [0.29, 0.717) is 5.69 Å². The second-order valence-corrected chi connectivity index (χ2v) is 6.38. The molecule has 0 aliphatic carbocycles. The van der Waals surface area contributed by atoms with Gasteiger partial charge in [0, 0.05) is 12.2 Å². The van der Waals surface area contributed by atoms with Gasteiger partial charge in [-0.2, -0.15) is 10.4 Å². The Labute approximate surface area is 167 Å². The lowest BCUT2D eigenvalue weighted by molar-refractivity contribution is -0.386. The Bertz CT molecular complexity index is 959. The van der Waals surface area contributed by atoms with Crippen molar-refractivity contribution >= 4 is 23.3 Å². The lowest BCUT2D eigenvalue weighted by atomic mass is 10.2. The number of esters is 1. The highest BCUT2D eigenvalue weighted by atomic mass is 16.6. The molecule has 2 aromatic rings. The molecule has 0 spiro atoms. The molecule has 0 N–H and O–H groups in total. The minimum atomic E-state index is -0.747. The van der Waals surface area contributed by atoms with Gasteiger partial charge in [0.05, 0.1) is 17.4 Å². The second kappa shape index (κ2) is 9.45. The first-order valence-corrected chi connectivity index (χ1v) is 8.82. The minimum absolute atomic E-state index is 0.128. The van der Waals surface area contributed by atoms with Gasteiger partial charge in [-0.3, -0.25) is 24.4 Å². The van der Waals surface area contributed by atoms with Gasteiger partial charge < -0.3 is 9.64 Å². The van der Waals surface area contributed by atoms with E-state index >= 15 is 0 Å². The summed E-state index contributed by atoms with van der Waals surface area (Å²) >= 11 is 0. The van der Waals surface area contributed by atoms with Gasteiger partial charge in [0.15, 0.2) is 6.61 Å². The molecule has 0 unspecified atom stereocenters. The van der Waals surface area contributed by atoms with Gasteiger partial charge in [-0.05, 0) is 32.9 Å². The molecule has 152 valence electrons. The molecule has 1 aromatic heterocycles. The normalized spacial score (nSPS) is 10.3. The first-order chi connectivity index (χ1) is 13.7. The van der Waals surface area contributed by atoms with Crippen molar-refractivity contribution in [1.82, 2.24) is 9.78 Å². The number of anilines is 1. The molecule has 0 saturated carbocycles. The van der Waals surface area contributed by atoms with Crippen molar-refractivity contribution in [2.45, 2.75) is 33.7 Å². The van der Waals surface area contributed by atoms with E-state index in [1.54, 1.807) is 12.1 Å². The lowest BCUT2D eigenvalue weighted by Gasteiger charge is -2.21. The Morgan fingerprint density at radius 3 is 2.48 bits per heavy atom. The van der Waals surface area contributed by atoms with Crippen LogP contribution in [0.25, 0.3) is 0 Å². The van der Waals surface area contributed by atoms with Crippen LogP contribution in [0.15, 0.2) is 24.3 Å². The monoisotopic (exact) mass is 399 g/mol. The Hall–Kier alpha value is -3.74. The molecule has 2 rings (SSSR count). The topological polar surface area (TPSA) is 131 Å². The summed E-state index contributed by atoms with van der Waals surface area (Å²) in [6.07, 6.45) is 0.128. The van der Waals surface area contributed by atoms with Crippen LogP contribution in [-0.2, 0) is 20.9 Å². The fourth-order valence-corrected chi connectivity index (χ4v) is 2.78. The molecule has 29 heavy (non-hydrogen) atoms. The first kappa shape index (κ1) is 21.6. The molecule has 10 heteroatoms. The lowest BCUT2D eigenvalue weighted by Crippen LogP contribution is -2.36. The van der Waals surface area contributed by atoms with Gasteiger partial charge >= 0.3 is 11.7 Å². The average Bonchev–Trinajstić information content (AvgIpc) is 2.95. The maximum Gasteiger partial charge on any atom is 0.328 e. The molecule has 1 amide bonds. The summed E-state index contributed by atoms with van der Waals surface area (Å²) in [5.41, 5.74) is 1.88. The summed E-state index contributed by atoms with van der Waals surface area (Å²) in [6, 6.07) is 9.16. The smallest absolute Gasteiger partial charge is 0.328 e. The average molecular weight is 399 g/mol. The highest BCUT2D eigenvalue weighted by molar-refractivity contribution is 5.95. The SMILES string of the molecule is Cc1ccc(N(CCC#N)C(=O)COC(=O)Cn2nc(C)c([N+](=O)[O-])c2C)cc1. The molecule has 10 nitrogen and oxygen atoms in total. The van der Waals surface area contributed by atoms with E-state index in [1.807, 2.05) is 25.1 Å². The summed E-state index contributed by atoms with van der Waals surface area (Å²) in [6.45, 7) is 4.18. The van der Waals surface area contributed by atoms with Crippen LogP contribution in [0.4, 0.5) is 11.4 Å². The number of rotatable bonds is 8. The van der Waals surface area contributed by atoms with E-state index in [4.69, 9.17) is 10.00 Å². The molecular weight excluding hydrogens is 378 g/mol. The third-order valence-corrected chi connectivity index (χ3v) is 4.26. The Morgan fingerprint density at radius 2 is 1.93 bits per heavy atom. The predicted octanol–water partition coefficient (Wildman–Crippen LogP) is 2.21. The van der Waals surface area contributed by atoms with E-state index in [-0.39, 0.29) is 36.6 Å². The third kappa shape index (κ3) is 5.38. The Kier molecular flexibility index (Phi) is 7.03. The molecule has 0 aliphatic rings. The van der Waals surface area contributed by atoms with Crippen LogP contribution >= 0.6 is 0 Å². The van der Waals surface area contributed by atoms with E-state index in [2.05, 4.69) is 5.10 Å². The molecular formula is C19H21N5O5. The van der Waals surface area contributed by atoms with Crippen molar-refractivity contribution in [2.24, 2.45) is 0 Å². The number of hydrogen-bond acceptors (Lipinski definition) is 7. The molecule has 0 aliphatic heterocycles. The van der Waals surface area contributed by atoms with Crippen LogP contribution < -0.4 is 4.90 Å². The zero-order chi connectivity index (χ0) is 21.6. The minimum Gasteiger partial charge on any atom is -0.454 e. The summed E-state index contributed by atoms with van der Waals surface area (Å²) in [5.74, 6) is -1.22. The summed E-state index contributed by atoms with van der Waals surface area (Å²) in [4.78, 5) is 36.5. The number of nitriles is 1. The summed E-state index contributed by atoms with van der Waals surface area (Å²) in [7, 11) is 0. The van der Waals surface area contributed by atoms with Crippen LogP contribution in [0.5, 0.6) is 0 Å². The largest absolute Gasteiger partial charge is 0.454 e. The van der Waals surface area contributed by atoms with E-state index in [9.17, 15) is 19.7 Å². The van der Waals surface area contributed by atoms with Gasteiger partial charge in [0.1, 0.15) is 17.9 Å². The van der Waals surface area contributed by atoms with E-state index in [0.717, 1.165) is 5.56 Å². The standard InChI is InChI=1S/C19H21N5O5/c1-13-5-7-16(8-6-13)22(10-4-9-20)17(25)12-29-18(26)11-23-15(3)19(24(27)28)14(2)21-23/h5-8H,4,10-12H2,1-3H3. The van der Waals surface area contributed by atoms with Gasteiger partial charge in [0.2, 0.25) is 0 Å². The molecule has 0 fully saturated rings. The number of carbonyl (C=O) groups excluding carboxylic acids is 2. The molecule has 0 bridgehead atoms. The summed E-state index contributed by atoms with van der Waals surface area (Å²) < 4.78 is 6.21. The number of nitro groups is 1. The molecule has 0 atom stereocenters. The van der Waals surface area contributed by atoms with E-state index < -0.39 is 23.4 Å². The second-order valence-electron chi connectivity index (χ2n) is 6.38. The van der Waals surface area contributed by atoms with Crippen molar-refractivity contribution in [2.75, 3.05) is 18.1 Å². The quantitative estimate of drug-likeness (QED) is 0.378. The zero-order valence-corrected chi connectivity index (χ0v) is 16.4. The fourth-order valence-electron chi connectivity index (χ4n) is 2.78. The third-order valence-electron chi connectivity index (χ3n) is 4.26. The number of benzene rings is 1. The highest BCUT2D eigenvalue weighted by Gasteiger charge is 2.24. The van der Waals surface area contributed by atoms with Crippen LogP contribution in [0.3, 0.4) is 0 Å². The van der Waals surface area contributed by atoms with Crippen molar-refractivity contribution in [1.29, 1.82) is 5.26 Å². The molecule has 1 aromatic carbocycles. The van der Waals surface area contributed by atoms with Crippen LogP contribution in [0.1, 0.15) is 23.4 Å².